The van der Waals surface area contributed by atoms with Crippen LogP contribution in [0.4, 0.5) is 0 Å². The monoisotopic (exact) mass is 644 g/mol. The van der Waals surface area contributed by atoms with E-state index in [1.54, 1.807) is 12.4 Å². The Morgan fingerprint density at radius 3 is 1.80 bits per heavy atom. The van der Waals surface area contributed by atoms with Crippen LogP contribution in [0.5, 0.6) is 0 Å². The van der Waals surface area contributed by atoms with E-state index in [-0.39, 0.29) is 0 Å². The standard InChI is InChI=1S/C42H24N6O2/c1-3-10-25(11-4-1)39-46-40(26-12-5-2-6-13-26)48-41(47-39)31-19-18-29(36-37(31)44-23-22-43-36)27-14-9-15-28(24-27)42-45-32-20-21-34-35(38(32)50-42)30-16-7-8-17-33(30)49-34/h1-24H. The van der Waals surface area contributed by atoms with Crippen LogP contribution in [-0.2, 0) is 0 Å². The quantitative estimate of drug-likeness (QED) is 0.182. The van der Waals surface area contributed by atoms with Gasteiger partial charge in [0.15, 0.2) is 23.1 Å². The number of nitrogens with zero attached hydrogens (tertiary/aromatic N) is 6. The summed E-state index contributed by atoms with van der Waals surface area (Å²) in [5.74, 6) is 2.22. The number of furan rings is 1. The molecule has 0 aliphatic carbocycles. The predicted octanol–water partition coefficient (Wildman–Crippen LogP) is 10.2. The maximum Gasteiger partial charge on any atom is 0.227 e. The lowest BCUT2D eigenvalue weighted by atomic mass is 9.99. The molecule has 4 heterocycles. The number of hydrogen-bond acceptors (Lipinski definition) is 8. The van der Waals surface area contributed by atoms with E-state index in [2.05, 4.69) is 12.1 Å². The van der Waals surface area contributed by atoms with Crippen LogP contribution in [-0.4, -0.2) is 29.9 Å². The smallest absolute Gasteiger partial charge is 0.227 e. The molecule has 0 amide bonds. The molecule has 6 aromatic carbocycles. The predicted molar refractivity (Wildman–Crippen MR) is 195 cm³/mol. The van der Waals surface area contributed by atoms with Crippen molar-refractivity contribution < 1.29 is 8.83 Å². The van der Waals surface area contributed by atoms with Gasteiger partial charge in [-0.05, 0) is 42.0 Å². The molecule has 0 unspecified atom stereocenters. The van der Waals surface area contributed by atoms with Gasteiger partial charge >= 0.3 is 0 Å². The molecule has 4 aromatic heterocycles. The molecule has 8 heteroatoms. The highest BCUT2D eigenvalue weighted by molar-refractivity contribution is 6.16. The van der Waals surface area contributed by atoms with Gasteiger partial charge in [-0.2, -0.15) is 0 Å². The number of benzene rings is 6. The molecule has 0 spiro atoms. The number of hydrogen-bond donors (Lipinski definition) is 0. The van der Waals surface area contributed by atoms with E-state index in [0.717, 1.165) is 66.4 Å². The van der Waals surface area contributed by atoms with E-state index >= 15 is 0 Å². The molecule has 8 nitrogen and oxygen atoms in total. The first-order valence-electron chi connectivity index (χ1n) is 16.2. The molecule has 0 fully saturated rings. The zero-order valence-electron chi connectivity index (χ0n) is 26.4. The van der Waals surface area contributed by atoms with E-state index in [1.807, 2.05) is 121 Å². The fourth-order valence-corrected chi connectivity index (χ4v) is 6.54. The van der Waals surface area contributed by atoms with Crippen LogP contribution in [0.2, 0.25) is 0 Å². The molecule has 0 radical (unpaired) electrons. The summed E-state index contributed by atoms with van der Waals surface area (Å²) in [6.07, 6.45) is 3.40. The van der Waals surface area contributed by atoms with Gasteiger partial charge in [0.05, 0.1) is 10.9 Å². The zero-order valence-corrected chi connectivity index (χ0v) is 26.4. The Kier molecular flexibility index (Phi) is 6.32. The average molecular weight is 645 g/mol. The van der Waals surface area contributed by atoms with Gasteiger partial charge in [0.1, 0.15) is 22.2 Å². The SMILES string of the molecule is c1ccc(-c2nc(-c3ccccc3)nc(-c3ccc(-c4cccc(-c5nc6ccc7oc8ccccc8c7c6o5)c4)c4nccnc34)n2)cc1. The van der Waals surface area contributed by atoms with Gasteiger partial charge in [-0.1, -0.05) is 97.1 Å². The Labute approximate surface area is 284 Å². The number of aromatic nitrogens is 6. The van der Waals surface area contributed by atoms with Crippen molar-refractivity contribution >= 4 is 44.1 Å². The van der Waals surface area contributed by atoms with E-state index in [9.17, 15) is 0 Å². The number of fused-ring (bicyclic) bond motifs is 6. The highest BCUT2D eigenvalue weighted by Crippen LogP contribution is 2.38. The normalized spacial score (nSPS) is 11.6. The van der Waals surface area contributed by atoms with Crippen molar-refractivity contribution in [2.75, 3.05) is 0 Å². The minimum absolute atomic E-state index is 0.521. The van der Waals surface area contributed by atoms with Gasteiger partial charge in [-0.25, -0.2) is 19.9 Å². The minimum Gasteiger partial charge on any atom is -0.456 e. The Morgan fingerprint density at radius 2 is 1.04 bits per heavy atom. The molecule has 50 heavy (non-hydrogen) atoms. The third kappa shape index (κ3) is 4.62. The lowest BCUT2D eigenvalue weighted by Crippen LogP contribution is -2.01. The van der Waals surface area contributed by atoms with Crippen LogP contribution < -0.4 is 0 Å². The molecule has 0 aliphatic rings. The van der Waals surface area contributed by atoms with Gasteiger partial charge in [-0.15, -0.1) is 0 Å². The summed E-state index contributed by atoms with van der Waals surface area (Å²) < 4.78 is 12.5. The highest BCUT2D eigenvalue weighted by atomic mass is 16.4. The molecule has 0 N–H and O–H groups in total. The summed E-state index contributed by atoms with van der Waals surface area (Å²) >= 11 is 0. The fourth-order valence-electron chi connectivity index (χ4n) is 6.54. The van der Waals surface area contributed by atoms with Crippen LogP contribution in [0.15, 0.2) is 155 Å². The molecule has 10 rings (SSSR count). The largest absolute Gasteiger partial charge is 0.456 e. The van der Waals surface area contributed by atoms with Crippen molar-refractivity contribution in [2.45, 2.75) is 0 Å². The minimum atomic E-state index is 0.521. The first-order chi connectivity index (χ1) is 24.8. The summed E-state index contributed by atoms with van der Waals surface area (Å²) in [6, 6.07) is 43.9. The lowest BCUT2D eigenvalue weighted by molar-refractivity contribution is 0.622. The van der Waals surface area contributed by atoms with Gasteiger partial charge in [0.2, 0.25) is 5.89 Å². The fraction of sp³-hybridized carbons (Fsp3) is 0. The number of para-hydroxylation sites is 1. The zero-order chi connectivity index (χ0) is 33.0. The Bertz CT molecular complexity index is 2820. The summed E-state index contributed by atoms with van der Waals surface area (Å²) in [7, 11) is 0. The van der Waals surface area contributed by atoms with Crippen molar-refractivity contribution in [3.63, 3.8) is 0 Å². The van der Waals surface area contributed by atoms with Crippen LogP contribution in [0.3, 0.4) is 0 Å². The van der Waals surface area contributed by atoms with Gasteiger partial charge in [0.25, 0.3) is 0 Å². The molecule has 0 saturated heterocycles. The van der Waals surface area contributed by atoms with Crippen LogP contribution in [0.25, 0.3) is 101 Å². The van der Waals surface area contributed by atoms with Gasteiger partial charge < -0.3 is 8.83 Å². The average Bonchev–Trinajstić information content (AvgIpc) is 3.80. The Balaban J connectivity index is 1.10. The summed E-state index contributed by atoms with van der Waals surface area (Å²) in [4.78, 5) is 29.2. The van der Waals surface area contributed by atoms with E-state index < -0.39 is 0 Å². The van der Waals surface area contributed by atoms with Gasteiger partial charge in [0, 0.05) is 45.6 Å². The summed E-state index contributed by atoms with van der Waals surface area (Å²) in [5, 5.41) is 1.92. The van der Waals surface area contributed by atoms with Crippen LogP contribution in [0.1, 0.15) is 0 Å². The van der Waals surface area contributed by atoms with Gasteiger partial charge in [-0.3, -0.25) is 9.97 Å². The molecule has 10 aromatic rings. The van der Waals surface area contributed by atoms with Crippen molar-refractivity contribution in [3.8, 4) is 56.7 Å². The molecule has 0 aliphatic heterocycles. The lowest BCUT2D eigenvalue weighted by Gasteiger charge is -2.12. The van der Waals surface area contributed by atoms with Crippen molar-refractivity contribution in [1.82, 2.24) is 29.9 Å². The highest BCUT2D eigenvalue weighted by Gasteiger charge is 2.19. The summed E-state index contributed by atoms with van der Waals surface area (Å²) in [6.45, 7) is 0. The third-order valence-electron chi connectivity index (χ3n) is 8.88. The molecular formula is C42H24N6O2. The van der Waals surface area contributed by atoms with E-state index in [1.165, 1.54) is 0 Å². The van der Waals surface area contributed by atoms with Crippen molar-refractivity contribution in [3.05, 3.63) is 146 Å². The van der Waals surface area contributed by atoms with Crippen LogP contribution in [0, 0.1) is 0 Å². The van der Waals surface area contributed by atoms with Crippen molar-refractivity contribution in [1.29, 1.82) is 0 Å². The molecule has 0 bridgehead atoms. The van der Waals surface area contributed by atoms with E-state index in [0.29, 0.717) is 34.5 Å². The summed E-state index contributed by atoms with van der Waals surface area (Å²) in [5.41, 5.74) is 9.76. The second-order valence-corrected chi connectivity index (χ2v) is 11.9. The topological polar surface area (TPSA) is 104 Å². The molecular weight excluding hydrogens is 621 g/mol. The third-order valence-corrected chi connectivity index (χ3v) is 8.88. The Hall–Kier alpha value is -7.06. The maximum absolute atomic E-state index is 6.46. The molecule has 0 atom stereocenters. The second-order valence-electron chi connectivity index (χ2n) is 11.9. The number of oxazole rings is 1. The van der Waals surface area contributed by atoms with Crippen LogP contribution >= 0.6 is 0 Å². The first-order valence-corrected chi connectivity index (χ1v) is 16.2. The number of rotatable bonds is 5. The van der Waals surface area contributed by atoms with E-state index in [4.69, 9.17) is 38.7 Å². The van der Waals surface area contributed by atoms with Crippen molar-refractivity contribution in [2.24, 2.45) is 0 Å². The Morgan fingerprint density at radius 1 is 0.420 bits per heavy atom. The maximum atomic E-state index is 6.46. The molecule has 234 valence electrons. The molecule has 0 saturated carbocycles. The first kappa shape index (κ1) is 28.0. The second kappa shape index (κ2) is 11.3.